The van der Waals surface area contributed by atoms with E-state index in [1.807, 2.05) is 7.05 Å². The van der Waals surface area contributed by atoms with E-state index in [1.54, 1.807) is 12.1 Å². The minimum Gasteiger partial charge on any atom is -0.323 e. The molecule has 1 aliphatic carbocycles. The molecule has 3 N–H and O–H groups in total. The van der Waals surface area contributed by atoms with E-state index < -0.39 is 5.82 Å². The van der Waals surface area contributed by atoms with E-state index in [2.05, 4.69) is 5.32 Å². The maximum atomic E-state index is 13.0. The molecular formula is C12H16ClFN2. The van der Waals surface area contributed by atoms with Crippen LogP contribution in [0.4, 0.5) is 4.39 Å². The van der Waals surface area contributed by atoms with Gasteiger partial charge in [-0.25, -0.2) is 4.39 Å². The Bertz CT molecular complexity index is 391. The van der Waals surface area contributed by atoms with Crippen LogP contribution in [-0.4, -0.2) is 13.6 Å². The van der Waals surface area contributed by atoms with Gasteiger partial charge in [0, 0.05) is 18.0 Å². The molecule has 1 aromatic carbocycles. The topological polar surface area (TPSA) is 38.0 Å². The Labute approximate surface area is 100.0 Å². The molecule has 2 nitrogen and oxygen atoms in total. The lowest BCUT2D eigenvalue weighted by Gasteiger charge is -2.23. The number of hydrogen-bond donors (Lipinski definition) is 2. The van der Waals surface area contributed by atoms with Gasteiger partial charge in [-0.3, -0.25) is 0 Å². The Morgan fingerprint density at radius 3 is 2.75 bits per heavy atom. The van der Waals surface area contributed by atoms with Gasteiger partial charge in [0.2, 0.25) is 0 Å². The molecule has 88 valence electrons. The summed E-state index contributed by atoms with van der Waals surface area (Å²) in [7, 11) is 1.92. The molecule has 1 atom stereocenters. The van der Waals surface area contributed by atoms with E-state index in [1.165, 1.54) is 6.07 Å². The van der Waals surface area contributed by atoms with Crippen LogP contribution in [0.3, 0.4) is 0 Å². The quantitative estimate of drug-likeness (QED) is 0.851. The van der Waals surface area contributed by atoms with E-state index in [9.17, 15) is 4.39 Å². The fourth-order valence-electron chi connectivity index (χ4n) is 2.17. The number of benzene rings is 1. The predicted molar refractivity (Wildman–Crippen MR) is 63.9 cm³/mol. The predicted octanol–water partition coefficient (Wildman–Crippen LogP) is 2.48. The SMILES string of the molecule is CNCC1(C(N)c2ccc(F)c(Cl)c2)CC1. The van der Waals surface area contributed by atoms with Crippen molar-refractivity contribution in [1.82, 2.24) is 5.32 Å². The van der Waals surface area contributed by atoms with Crippen LogP contribution < -0.4 is 11.1 Å². The zero-order valence-electron chi connectivity index (χ0n) is 9.26. The van der Waals surface area contributed by atoms with Gasteiger partial charge < -0.3 is 11.1 Å². The van der Waals surface area contributed by atoms with Gasteiger partial charge in [0.25, 0.3) is 0 Å². The Kier molecular flexibility index (Phi) is 3.19. The van der Waals surface area contributed by atoms with Gasteiger partial charge >= 0.3 is 0 Å². The molecule has 0 spiro atoms. The van der Waals surface area contributed by atoms with E-state index in [-0.39, 0.29) is 16.5 Å². The molecule has 1 saturated carbocycles. The smallest absolute Gasteiger partial charge is 0.141 e. The highest BCUT2D eigenvalue weighted by atomic mass is 35.5. The average molecular weight is 243 g/mol. The third kappa shape index (κ3) is 2.08. The molecule has 1 aromatic rings. The zero-order valence-corrected chi connectivity index (χ0v) is 10.0. The van der Waals surface area contributed by atoms with Crippen LogP contribution in [0.2, 0.25) is 5.02 Å². The highest BCUT2D eigenvalue weighted by molar-refractivity contribution is 6.30. The largest absolute Gasteiger partial charge is 0.323 e. The summed E-state index contributed by atoms with van der Waals surface area (Å²) in [5.41, 5.74) is 7.27. The van der Waals surface area contributed by atoms with Crippen molar-refractivity contribution in [2.45, 2.75) is 18.9 Å². The Morgan fingerprint density at radius 1 is 1.56 bits per heavy atom. The first-order valence-corrected chi connectivity index (χ1v) is 5.82. The molecule has 4 heteroatoms. The van der Waals surface area contributed by atoms with Crippen LogP contribution in [-0.2, 0) is 0 Å². The van der Waals surface area contributed by atoms with Gasteiger partial charge in [0.15, 0.2) is 0 Å². The van der Waals surface area contributed by atoms with Gasteiger partial charge in [-0.05, 0) is 37.6 Å². The first kappa shape index (κ1) is 11.8. The molecule has 0 bridgehead atoms. The van der Waals surface area contributed by atoms with Crippen molar-refractivity contribution in [2.24, 2.45) is 11.1 Å². The van der Waals surface area contributed by atoms with Crippen LogP contribution in [0.5, 0.6) is 0 Å². The first-order chi connectivity index (χ1) is 7.59. The third-order valence-electron chi connectivity index (χ3n) is 3.38. The molecule has 1 aliphatic rings. The first-order valence-electron chi connectivity index (χ1n) is 5.44. The van der Waals surface area contributed by atoms with Gasteiger partial charge in [0.05, 0.1) is 5.02 Å². The fourth-order valence-corrected chi connectivity index (χ4v) is 2.36. The van der Waals surface area contributed by atoms with Gasteiger partial charge in [-0.2, -0.15) is 0 Å². The number of halogens is 2. The molecule has 1 unspecified atom stereocenters. The van der Waals surface area contributed by atoms with Crippen LogP contribution in [0.25, 0.3) is 0 Å². The number of hydrogen-bond acceptors (Lipinski definition) is 2. The van der Waals surface area contributed by atoms with Crippen LogP contribution in [0.15, 0.2) is 18.2 Å². The summed E-state index contributed by atoms with van der Waals surface area (Å²) in [5, 5.41) is 3.31. The lowest BCUT2D eigenvalue weighted by Crippen LogP contribution is -2.31. The Hall–Kier alpha value is -0.640. The molecule has 1 fully saturated rings. The normalized spacial score (nSPS) is 19.5. The second-order valence-electron chi connectivity index (χ2n) is 4.54. The van der Waals surface area contributed by atoms with Crippen LogP contribution in [0.1, 0.15) is 24.4 Å². The fraction of sp³-hybridized carbons (Fsp3) is 0.500. The molecule has 0 amide bonds. The summed E-state index contributed by atoms with van der Waals surface area (Å²) in [6, 6.07) is 4.67. The maximum absolute atomic E-state index is 13.0. The summed E-state index contributed by atoms with van der Waals surface area (Å²) < 4.78 is 13.0. The molecule has 0 saturated heterocycles. The van der Waals surface area contributed by atoms with E-state index in [4.69, 9.17) is 17.3 Å². The van der Waals surface area contributed by atoms with Gasteiger partial charge in [0.1, 0.15) is 5.82 Å². The monoisotopic (exact) mass is 242 g/mol. The van der Waals surface area contributed by atoms with E-state index in [0.29, 0.717) is 0 Å². The average Bonchev–Trinajstić information content (AvgIpc) is 3.03. The van der Waals surface area contributed by atoms with Crippen molar-refractivity contribution in [1.29, 1.82) is 0 Å². The van der Waals surface area contributed by atoms with Crippen molar-refractivity contribution in [3.8, 4) is 0 Å². The van der Waals surface area contributed by atoms with Crippen molar-refractivity contribution >= 4 is 11.6 Å². The van der Waals surface area contributed by atoms with Crippen LogP contribution >= 0.6 is 11.6 Å². The van der Waals surface area contributed by atoms with E-state index >= 15 is 0 Å². The highest BCUT2D eigenvalue weighted by Crippen LogP contribution is 2.53. The van der Waals surface area contributed by atoms with Crippen molar-refractivity contribution < 1.29 is 4.39 Å². The van der Waals surface area contributed by atoms with Crippen molar-refractivity contribution in [2.75, 3.05) is 13.6 Å². The zero-order chi connectivity index (χ0) is 11.8. The summed E-state index contributed by atoms with van der Waals surface area (Å²) in [6.45, 7) is 0.892. The summed E-state index contributed by atoms with van der Waals surface area (Å²) >= 11 is 5.76. The summed E-state index contributed by atoms with van der Waals surface area (Å²) in [6.07, 6.45) is 2.23. The number of nitrogens with one attached hydrogen (secondary N) is 1. The van der Waals surface area contributed by atoms with E-state index in [0.717, 1.165) is 24.9 Å². The highest BCUT2D eigenvalue weighted by Gasteiger charge is 2.47. The Morgan fingerprint density at radius 2 is 2.25 bits per heavy atom. The summed E-state index contributed by atoms with van der Waals surface area (Å²) in [4.78, 5) is 0. The number of nitrogens with two attached hydrogens (primary N) is 1. The lowest BCUT2D eigenvalue weighted by molar-refractivity contribution is 0.392. The molecule has 0 aliphatic heterocycles. The van der Waals surface area contributed by atoms with Crippen molar-refractivity contribution in [3.63, 3.8) is 0 Å². The third-order valence-corrected chi connectivity index (χ3v) is 3.67. The van der Waals surface area contributed by atoms with Crippen molar-refractivity contribution in [3.05, 3.63) is 34.6 Å². The second-order valence-corrected chi connectivity index (χ2v) is 4.95. The standard InChI is InChI=1S/C12H16ClFN2/c1-16-7-12(4-5-12)11(15)8-2-3-10(14)9(13)6-8/h2-3,6,11,16H,4-5,7,15H2,1H3. The second kappa shape index (κ2) is 4.32. The minimum atomic E-state index is -0.393. The lowest BCUT2D eigenvalue weighted by atomic mass is 9.91. The van der Waals surface area contributed by atoms with Gasteiger partial charge in [-0.1, -0.05) is 17.7 Å². The molecular weight excluding hydrogens is 227 g/mol. The molecule has 0 heterocycles. The maximum Gasteiger partial charge on any atom is 0.141 e. The molecule has 0 radical (unpaired) electrons. The molecule has 0 aromatic heterocycles. The summed E-state index contributed by atoms with van der Waals surface area (Å²) in [5.74, 6) is -0.393. The molecule has 16 heavy (non-hydrogen) atoms. The Balaban J connectivity index is 2.20. The van der Waals surface area contributed by atoms with Gasteiger partial charge in [-0.15, -0.1) is 0 Å². The van der Waals surface area contributed by atoms with Crippen LogP contribution in [0, 0.1) is 11.2 Å². The molecule has 2 rings (SSSR count). The minimum absolute atomic E-state index is 0.0713. The number of rotatable bonds is 4.